The molecule has 0 aliphatic carbocycles. The van der Waals surface area contributed by atoms with Gasteiger partial charge in [-0.2, -0.15) is 0 Å². The highest BCUT2D eigenvalue weighted by molar-refractivity contribution is 7.92. The van der Waals surface area contributed by atoms with Crippen molar-refractivity contribution in [3.05, 3.63) is 54.1 Å². The van der Waals surface area contributed by atoms with Crippen molar-refractivity contribution in [2.75, 3.05) is 50.9 Å². The first-order chi connectivity index (χ1) is 17.8. The van der Waals surface area contributed by atoms with Crippen molar-refractivity contribution >= 4 is 34.1 Å². The Balaban J connectivity index is 0.00000507. The molecular weight excluding hydrogens is 528 g/mol. The number of methoxy groups -OCH3 is 1. The Morgan fingerprint density at radius 2 is 1.66 bits per heavy atom. The smallest absolute Gasteiger partial charge is 0.317 e. The Kier molecular flexibility index (Phi) is 13.2. The molecule has 2 aromatic carbocycles. The van der Waals surface area contributed by atoms with Gasteiger partial charge < -0.3 is 19.7 Å². The first-order valence-electron chi connectivity index (χ1n) is 12.9. The summed E-state index contributed by atoms with van der Waals surface area (Å²) in [5.74, 6) is 1.35. The molecule has 0 radical (unpaired) electrons. The SMILES string of the molecule is CCCCN(C(=O)NCCOC)C1CCN(Cc2ccc(Oc3ccc(NS(C)(=O)=O)cc3)cc2)CC1.Cl. The summed E-state index contributed by atoms with van der Waals surface area (Å²) < 4.78 is 36.1. The van der Waals surface area contributed by atoms with E-state index in [9.17, 15) is 13.2 Å². The first kappa shape index (κ1) is 31.7. The molecule has 2 amide bonds. The van der Waals surface area contributed by atoms with Crippen molar-refractivity contribution < 1.29 is 22.7 Å². The third-order valence-electron chi connectivity index (χ3n) is 6.32. The van der Waals surface area contributed by atoms with Crippen LogP contribution in [-0.4, -0.2) is 76.4 Å². The van der Waals surface area contributed by atoms with Gasteiger partial charge in [0, 0.05) is 51.6 Å². The molecule has 1 fully saturated rings. The number of piperidine rings is 1. The van der Waals surface area contributed by atoms with E-state index in [1.54, 1.807) is 31.4 Å². The lowest BCUT2D eigenvalue weighted by atomic mass is 10.0. The third kappa shape index (κ3) is 10.7. The third-order valence-corrected chi connectivity index (χ3v) is 6.92. The number of likely N-dealkylation sites (tertiary alicyclic amines) is 1. The van der Waals surface area contributed by atoms with Gasteiger partial charge in [0.15, 0.2) is 0 Å². The molecule has 38 heavy (non-hydrogen) atoms. The van der Waals surface area contributed by atoms with Crippen molar-refractivity contribution in [1.29, 1.82) is 0 Å². The molecule has 212 valence electrons. The average molecular weight is 569 g/mol. The van der Waals surface area contributed by atoms with Gasteiger partial charge in [-0.05, 0) is 61.2 Å². The van der Waals surface area contributed by atoms with Crippen LogP contribution in [-0.2, 0) is 21.3 Å². The van der Waals surface area contributed by atoms with Gasteiger partial charge in [-0.25, -0.2) is 13.2 Å². The Morgan fingerprint density at radius 1 is 1.05 bits per heavy atom. The van der Waals surface area contributed by atoms with Gasteiger partial charge in [0.2, 0.25) is 10.0 Å². The number of carbonyl (C=O) groups excluding carboxylic acids is 1. The molecule has 1 heterocycles. The fourth-order valence-corrected chi connectivity index (χ4v) is 4.96. The highest BCUT2D eigenvalue weighted by Crippen LogP contribution is 2.25. The molecule has 0 unspecified atom stereocenters. The minimum atomic E-state index is -3.30. The van der Waals surface area contributed by atoms with E-state index < -0.39 is 10.0 Å². The minimum Gasteiger partial charge on any atom is -0.457 e. The molecule has 11 heteroatoms. The van der Waals surface area contributed by atoms with Crippen LogP contribution >= 0.6 is 12.4 Å². The van der Waals surface area contributed by atoms with E-state index in [0.29, 0.717) is 24.6 Å². The van der Waals surface area contributed by atoms with E-state index in [0.717, 1.165) is 63.9 Å². The lowest BCUT2D eigenvalue weighted by Gasteiger charge is -2.38. The maximum Gasteiger partial charge on any atom is 0.317 e. The number of rotatable bonds is 13. The lowest BCUT2D eigenvalue weighted by Crippen LogP contribution is -2.51. The average Bonchev–Trinajstić information content (AvgIpc) is 2.87. The highest BCUT2D eigenvalue weighted by Gasteiger charge is 2.27. The molecule has 1 aliphatic heterocycles. The van der Waals surface area contributed by atoms with Gasteiger partial charge >= 0.3 is 6.03 Å². The number of urea groups is 1. The first-order valence-corrected chi connectivity index (χ1v) is 14.8. The fourth-order valence-electron chi connectivity index (χ4n) is 4.39. The highest BCUT2D eigenvalue weighted by atomic mass is 35.5. The zero-order valence-electron chi connectivity index (χ0n) is 22.5. The summed E-state index contributed by atoms with van der Waals surface area (Å²) in [7, 11) is -1.67. The summed E-state index contributed by atoms with van der Waals surface area (Å²) in [6.07, 6.45) is 5.12. The van der Waals surface area contributed by atoms with Crippen molar-refractivity contribution in [1.82, 2.24) is 15.1 Å². The van der Waals surface area contributed by atoms with Crippen LogP contribution in [0, 0.1) is 0 Å². The van der Waals surface area contributed by atoms with Crippen molar-refractivity contribution in [3.63, 3.8) is 0 Å². The van der Waals surface area contributed by atoms with Crippen molar-refractivity contribution in [3.8, 4) is 11.5 Å². The second kappa shape index (κ2) is 15.8. The number of unbranched alkanes of at least 4 members (excludes halogenated alkanes) is 1. The lowest BCUT2D eigenvalue weighted by molar-refractivity contribution is 0.114. The Hall–Kier alpha value is -2.53. The van der Waals surface area contributed by atoms with Crippen LogP contribution in [0.1, 0.15) is 38.2 Å². The standard InChI is InChI=1S/C27H40N4O5S.ClH/c1-4-5-17-31(27(32)28-16-20-35-2)24-14-18-30(19-15-24)21-22-6-10-25(11-7-22)36-26-12-8-23(9-13-26)29-37(3,33)34;/h6-13,24,29H,4-5,14-21H2,1-3H3,(H,28,32);1H. The van der Waals surface area contributed by atoms with Crippen LogP contribution in [0.4, 0.5) is 10.5 Å². The molecule has 0 atom stereocenters. The molecule has 1 aliphatic rings. The number of carbonyl (C=O) groups is 1. The number of hydrogen-bond acceptors (Lipinski definition) is 6. The van der Waals surface area contributed by atoms with Crippen LogP contribution in [0.15, 0.2) is 48.5 Å². The maximum atomic E-state index is 12.7. The molecular formula is C27H41ClN4O5S. The van der Waals surface area contributed by atoms with Gasteiger partial charge in [0.05, 0.1) is 12.9 Å². The number of benzene rings is 2. The number of ether oxygens (including phenoxy) is 2. The second-order valence-electron chi connectivity index (χ2n) is 9.42. The van der Waals surface area contributed by atoms with Crippen LogP contribution in [0.2, 0.25) is 0 Å². The molecule has 0 saturated carbocycles. The predicted octanol–water partition coefficient (Wildman–Crippen LogP) is 4.69. The van der Waals surface area contributed by atoms with Gasteiger partial charge in [-0.3, -0.25) is 9.62 Å². The number of halogens is 1. The van der Waals surface area contributed by atoms with Crippen molar-refractivity contribution in [2.45, 2.75) is 45.2 Å². The maximum absolute atomic E-state index is 12.7. The molecule has 9 nitrogen and oxygen atoms in total. The van der Waals surface area contributed by atoms with Crippen LogP contribution in [0.25, 0.3) is 0 Å². The summed E-state index contributed by atoms with van der Waals surface area (Å²) in [5, 5.41) is 2.98. The molecule has 0 aromatic heterocycles. The van der Waals surface area contributed by atoms with E-state index >= 15 is 0 Å². The Labute approximate surface area is 233 Å². The number of sulfonamides is 1. The van der Waals surface area contributed by atoms with Gasteiger partial charge in [0.25, 0.3) is 0 Å². The zero-order valence-corrected chi connectivity index (χ0v) is 24.2. The van der Waals surface area contributed by atoms with E-state index in [-0.39, 0.29) is 24.5 Å². The molecule has 3 rings (SSSR count). The number of nitrogens with zero attached hydrogens (tertiary/aromatic N) is 2. The molecule has 2 aromatic rings. The molecule has 1 saturated heterocycles. The zero-order chi connectivity index (χ0) is 26.7. The summed E-state index contributed by atoms with van der Waals surface area (Å²) in [4.78, 5) is 17.2. The van der Waals surface area contributed by atoms with E-state index in [4.69, 9.17) is 9.47 Å². The Bertz CT molecular complexity index is 1080. The monoisotopic (exact) mass is 568 g/mol. The predicted molar refractivity (Wildman–Crippen MR) is 154 cm³/mol. The Morgan fingerprint density at radius 3 is 2.21 bits per heavy atom. The quantitative estimate of drug-likeness (QED) is 0.340. The largest absolute Gasteiger partial charge is 0.457 e. The van der Waals surface area contributed by atoms with Crippen LogP contribution in [0.3, 0.4) is 0 Å². The van der Waals surface area contributed by atoms with Crippen LogP contribution < -0.4 is 14.8 Å². The normalized spacial score (nSPS) is 14.4. The summed E-state index contributed by atoms with van der Waals surface area (Å²) >= 11 is 0. The molecule has 0 spiro atoms. The summed E-state index contributed by atoms with van der Waals surface area (Å²) in [6, 6.07) is 15.1. The van der Waals surface area contributed by atoms with Gasteiger partial charge in [-0.1, -0.05) is 25.5 Å². The number of nitrogens with one attached hydrogen (secondary N) is 2. The van der Waals surface area contributed by atoms with Crippen LogP contribution in [0.5, 0.6) is 11.5 Å². The van der Waals surface area contributed by atoms with E-state index in [1.807, 2.05) is 17.0 Å². The minimum absolute atomic E-state index is 0. The summed E-state index contributed by atoms with van der Waals surface area (Å²) in [5.41, 5.74) is 1.70. The second-order valence-corrected chi connectivity index (χ2v) is 11.2. The van der Waals surface area contributed by atoms with Gasteiger partial charge in [-0.15, -0.1) is 12.4 Å². The van der Waals surface area contributed by atoms with E-state index in [2.05, 4.69) is 34.0 Å². The number of amides is 2. The van der Waals surface area contributed by atoms with Gasteiger partial charge in [0.1, 0.15) is 11.5 Å². The summed E-state index contributed by atoms with van der Waals surface area (Å²) in [6.45, 7) is 6.74. The van der Waals surface area contributed by atoms with E-state index in [1.165, 1.54) is 5.56 Å². The topological polar surface area (TPSA) is 100 Å². The molecule has 2 N–H and O–H groups in total. The number of hydrogen-bond donors (Lipinski definition) is 2. The molecule has 0 bridgehead atoms. The fraction of sp³-hybridized carbons (Fsp3) is 0.519. The van der Waals surface area contributed by atoms with Crippen molar-refractivity contribution in [2.24, 2.45) is 0 Å². The number of anilines is 1.